The summed E-state index contributed by atoms with van der Waals surface area (Å²) >= 11 is 0. The third kappa shape index (κ3) is 2.65. The summed E-state index contributed by atoms with van der Waals surface area (Å²) in [5, 5.41) is 45.8. The predicted molar refractivity (Wildman–Crippen MR) is 84.9 cm³/mol. The van der Waals surface area contributed by atoms with Gasteiger partial charge in [-0.05, 0) is 19.1 Å². The number of aromatic nitrogens is 3. The Morgan fingerprint density at radius 1 is 1.54 bits per heavy atom. The molecule has 4 N–H and O–H groups in total. The fraction of sp³-hybridized carbons (Fsp3) is 0.467. The summed E-state index contributed by atoms with van der Waals surface area (Å²) in [6.45, 7) is 1.26. The summed E-state index contributed by atoms with van der Waals surface area (Å²) in [5.41, 5.74) is -1.51. The van der Waals surface area contributed by atoms with Gasteiger partial charge in [0, 0.05) is 0 Å². The molecule has 1 fully saturated rings. The molecule has 1 amide bonds. The molecule has 11 nitrogen and oxygen atoms in total. The Morgan fingerprint density at radius 3 is 2.92 bits per heavy atom. The molecular formula is C15H17N5O6. The minimum atomic E-state index is -1.95. The van der Waals surface area contributed by atoms with Gasteiger partial charge in [0.1, 0.15) is 36.2 Å². The number of rotatable bonds is 4. The van der Waals surface area contributed by atoms with Crippen LogP contribution in [0.3, 0.4) is 0 Å². The molecule has 0 saturated carbocycles. The molecule has 0 radical (unpaired) electrons. The van der Waals surface area contributed by atoms with Gasteiger partial charge in [0.15, 0.2) is 5.82 Å². The lowest BCUT2D eigenvalue weighted by molar-refractivity contribution is -0.0643. The number of amides is 1. The molecule has 0 spiro atoms. The topological polar surface area (TPSA) is 162 Å². The Balaban J connectivity index is 2.07. The van der Waals surface area contributed by atoms with Crippen molar-refractivity contribution in [2.24, 2.45) is 0 Å². The maximum atomic E-state index is 11.6. The number of anilines is 1. The maximum Gasteiger partial charge on any atom is 0.412 e. The van der Waals surface area contributed by atoms with Gasteiger partial charge in [0.2, 0.25) is 5.60 Å². The molecule has 26 heavy (non-hydrogen) atoms. The SMILES string of the molecule is CCOC(=O)Nc1ncnn2c([C@]3(C#N)O[C@H](CO)[C@@H](O)[C@H]3O)ccc12. The van der Waals surface area contributed by atoms with Crippen molar-refractivity contribution < 1.29 is 29.6 Å². The summed E-state index contributed by atoms with van der Waals surface area (Å²) in [7, 11) is 0. The van der Waals surface area contributed by atoms with Crippen molar-refractivity contribution in [2.75, 3.05) is 18.5 Å². The van der Waals surface area contributed by atoms with E-state index in [4.69, 9.17) is 9.47 Å². The van der Waals surface area contributed by atoms with Gasteiger partial charge in [-0.25, -0.2) is 14.3 Å². The Morgan fingerprint density at radius 2 is 2.31 bits per heavy atom. The highest BCUT2D eigenvalue weighted by molar-refractivity contribution is 5.88. The van der Waals surface area contributed by atoms with E-state index >= 15 is 0 Å². The maximum absolute atomic E-state index is 11.6. The standard InChI is InChI=1S/C15H17N5O6/c1-2-25-14(24)19-13-8-3-4-10(20(8)18-7-17-13)15(6-16)12(23)11(22)9(5-21)26-15/h3-4,7,9,11-12,21-23H,2,5H2,1H3,(H,17,18,19,24)/t9-,11-,12-,15+/m1/s1. The number of aliphatic hydroxyl groups is 3. The highest BCUT2D eigenvalue weighted by Gasteiger charge is 2.57. The van der Waals surface area contributed by atoms with Crippen molar-refractivity contribution in [1.82, 2.24) is 14.6 Å². The Bertz CT molecular complexity index is 864. The molecule has 3 rings (SSSR count). The second kappa shape index (κ2) is 6.85. The largest absolute Gasteiger partial charge is 0.450 e. The van der Waals surface area contributed by atoms with Gasteiger partial charge in [-0.2, -0.15) is 10.4 Å². The van der Waals surface area contributed by atoms with Crippen LogP contribution in [0.5, 0.6) is 0 Å². The minimum absolute atomic E-state index is 0.117. The van der Waals surface area contributed by atoms with Crippen LogP contribution in [0.2, 0.25) is 0 Å². The zero-order valence-electron chi connectivity index (χ0n) is 13.7. The van der Waals surface area contributed by atoms with E-state index in [1.54, 1.807) is 6.92 Å². The molecule has 1 aliphatic heterocycles. The van der Waals surface area contributed by atoms with Crippen LogP contribution in [-0.2, 0) is 15.1 Å². The average Bonchev–Trinajstić information content (AvgIpc) is 3.17. The van der Waals surface area contributed by atoms with Gasteiger partial charge in [0.05, 0.1) is 18.9 Å². The van der Waals surface area contributed by atoms with E-state index < -0.39 is 36.6 Å². The molecule has 0 aromatic carbocycles. The molecule has 11 heteroatoms. The average molecular weight is 363 g/mol. The molecule has 2 aromatic rings. The lowest BCUT2D eigenvalue weighted by atomic mass is 9.92. The van der Waals surface area contributed by atoms with Crippen LogP contribution in [-0.4, -0.2) is 67.5 Å². The summed E-state index contributed by atoms with van der Waals surface area (Å²) in [6.07, 6.45) is -3.76. The lowest BCUT2D eigenvalue weighted by Crippen LogP contribution is -2.41. The van der Waals surface area contributed by atoms with Crippen molar-refractivity contribution in [3.63, 3.8) is 0 Å². The fourth-order valence-electron chi connectivity index (χ4n) is 2.90. The summed E-state index contributed by atoms with van der Waals surface area (Å²) in [4.78, 5) is 15.6. The number of ether oxygens (including phenoxy) is 2. The van der Waals surface area contributed by atoms with Crippen molar-refractivity contribution in [3.8, 4) is 6.07 Å². The Kier molecular flexibility index (Phi) is 4.75. The number of fused-ring (bicyclic) bond motifs is 1. The quantitative estimate of drug-likeness (QED) is 0.541. The van der Waals surface area contributed by atoms with E-state index in [1.807, 2.05) is 6.07 Å². The monoisotopic (exact) mass is 363 g/mol. The smallest absolute Gasteiger partial charge is 0.412 e. The van der Waals surface area contributed by atoms with Crippen molar-refractivity contribution in [2.45, 2.75) is 30.8 Å². The molecule has 2 aromatic heterocycles. The summed E-state index contributed by atoms with van der Waals surface area (Å²) < 4.78 is 11.5. The number of hydrogen-bond acceptors (Lipinski definition) is 9. The second-order valence-electron chi connectivity index (χ2n) is 5.59. The van der Waals surface area contributed by atoms with Gasteiger partial charge >= 0.3 is 6.09 Å². The van der Waals surface area contributed by atoms with Crippen LogP contribution in [0.25, 0.3) is 5.52 Å². The van der Waals surface area contributed by atoms with Crippen molar-refractivity contribution in [1.29, 1.82) is 5.26 Å². The van der Waals surface area contributed by atoms with Gasteiger partial charge in [-0.1, -0.05) is 0 Å². The second-order valence-corrected chi connectivity index (χ2v) is 5.59. The number of carbonyl (C=O) groups is 1. The molecule has 4 atom stereocenters. The molecular weight excluding hydrogens is 346 g/mol. The molecule has 3 heterocycles. The third-order valence-corrected chi connectivity index (χ3v) is 4.13. The highest BCUT2D eigenvalue weighted by atomic mass is 16.6. The van der Waals surface area contributed by atoms with E-state index in [0.29, 0.717) is 5.52 Å². The van der Waals surface area contributed by atoms with Crippen molar-refractivity contribution >= 4 is 17.4 Å². The molecule has 138 valence electrons. The van der Waals surface area contributed by atoms with Crippen LogP contribution < -0.4 is 5.32 Å². The normalized spacial score (nSPS) is 28.0. The fourth-order valence-corrected chi connectivity index (χ4v) is 2.90. The predicted octanol–water partition coefficient (Wildman–Crippen LogP) is -0.871. The van der Waals surface area contributed by atoms with Gasteiger partial charge < -0.3 is 24.8 Å². The van der Waals surface area contributed by atoms with Gasteiger partial charge in [-0.3, -0.25) is 5.32 Å². The lowest BCUT2D eigenvalue weighted by Gasteiger charge is -2.24. The highest BCUT2D eigenvalue weighted by Crippen LogP contribution is 2.40. The number of aliphatic hydroxyl groups excluding tert-OH is 3. The molecule has 0 unspecified atom stereocenters. The Labute approximate surface area is 147 Å². The van der Waals surface area contributed by atoms with Crippen molar-refractivity contribution in [3.05, 3.63) is 24.2 Å². The number of nitrogens with one attached hydrogen (secondary N) is 1. The van der Waals surface area contributed by atoms with Gasteiger partial charge in [-0.15, -0.1) is 0 Å². The minimum Gasteiger partial charge on any atom is -0.450 e. The van der Waals surface area contributed by atoms with Gasteiger partial charge in [0.25, 0.3) is 0 Å². The number of nitriles is 1. The third-order valence-electron chi connectivity index (χ3n) is 4.13. The molecule has 0 bridgehead atoms. The van der Waals surface area contributed by atoms with E-state index in [2.05, 4.69) is 15.4 Å². The zero-order chi connectivity index (χ0) is 18.9. The zero-order valence-corrected chi connectivity index (χ0v) is 13.7. The Hall–Kier alpha value is -2.78. The van der Waals surface area contributed by atoms with Crippen LogP contribution in [0.15, 0.2) is 18.5 Å². The van der Waals surface area contributed by atoms with Crippen LogP contribution in [0, 0.1) is 11.3 Å². The number of nitrogens with zero attached hydrogens (tertiary/aromatic N) is 4. The summed E-state index contributed by atoms with van der Waals surface area (Å²) in [5.74, 6) is 0.129. The van der Waals surface area contributed by atoms with E-state index in [-0.39, 0.29) is 18.1 Å². The first-order valence-electron chi connectivity index (χ1n) is 7.81. The van der Waals surface area contributed by atoms with E-state index in [9.17, 15) is 25.4 Å². The first-order chi connectivity index (χ1) is 12.5. The number of hydrogen-bond donors (Lipinski definition) is 4. The first-order valence-corrected chi connectivity index (χ1v) is 7.81. The molecule has 1 saturated heterocycles. The van der Waals surface area contributed by atoms with Crippen LogP contribution in [0.4, 0.5) is 10.6 Å². The van der Waals surface area contributed by atoms with Crippen LogP contribution >= 0.6 is 0 Å². The van der Waals surface area contributed by atoms with Crippen LogP contribution in [0.1, 0.15) is 12.6 Å². The number of carbonyl (C=O) groups excluding carboxylic acids is 1. The van der Waals surface area contributed by atoms with E-state index in [0.717, 1.165) is 6.33 Å². The molecule has 0 aliphatic carbocycles. The first kappa shape index (κ1) is 18.0. The summed E-state index contributed by atoms with van der Waals surface area (Å²) in [6, 6.07) is 4.84. The van der Waals surface area contributed by atoms with E-state index in [1.165, 1.54) is 16.6 Å². The molecule has 1 aliphatic rings.